The molecule has 3 N–H and O–H groups in total. The van der Waals surface area contributed by atoms with Gasteiger partial charge in [0.15, 0.2) is 0 Å². The van der Waals surface area contributed by atoms with Gasteiger partial charge in [0.2, 0.25) is 0 Å². The highest BCUT2D eigenvalue weighted by Gasteiger charge is 2.08. The molecule has 0 unspecified atom stereocenters. The van der Waals surface area contributed by atoms with Crippen LogP contribution in [0.25, 0.3) is 11.0 Å². The van der Waals surface area contributed by atoms with Crippen molar-refractivity contribution in [3.05, 3.63) is 64.3 Å². The molecule has 0 bridgehead atoms. The molecule has 3 rings (SSSR count). The Morgan fingerprint density at radius 1 is 1.05 bits per heavy atom. The summed E-state index contributed by atoms with van der Waals surface area (Å²) >= 11 is 0. The van der Waals surface area contributed by atoms with Crippen LogP contribution in [0.2, 0.25) is 0 Å². The third-order valence-electron chi connectivity index (χ3n) is 2.86. The highest BCUT2D eigenvalue weighted by Crippen LogP contribution is 2.15. The van der Waals surface area contributed by atoms with E-state index in [-0.39, 0.29) is 11.3 Å². The molecular formula is C14H10FN3O2. The zero-order chi connectivity index (χ0) is 14.1. The number of aromatic amines is 2. The molecule has 0 aliphatic carbocycles. The Kier molecular flexibility index (Phi) is 2.83. The minimum Gasteiger partial charge on any atom is -0.322 e. The number of rotatable bonds is 2. The van der Waals surface area contributed by atoms with Gasteiger partial charge in [-0.3, -0.25) is 4.79 Å². The number of benzene rings is 2. The molecule has 0 aliphatic rings. The van der Waals surface area contributed by atoms with Gasteiger partial charge in [0, 0.05) is 11.3 Å². The molecule has 0 atom stereocenters. The van der Waals surface area contributed by atoms with E-state index in [0.29, 0.717) is 16.7 Å². The van der Waals surface area contributed by atoms with Crippen molar-refractivity contribution in [1.29, 1.82) is 0 Å². The van der Waals surface area contributed by atoms with E-state index < -0.39 is 11.7 Å². The second kappa shape index (κ2) is 4.65. The van der Waals surface area contributed by atoms with Gasteiger partial charge in [-0.2, -0.15) is 0 Å². The predicted octanol–water partition coefficient (Wildman–Crippen LogP) is 2.25. The molecule has 0 radical (unpaired) electrons. The van der Waals surface area contributed by atoms with E-state index in [1.807, 2.05) is 0 Å². The summed E-state index contributed by atoms with van der Waals surface area (Å²) < 4.78 is 13.1. The number of nitrogens with one attached hydrogen (secondary N) is 3. The lowest BCUT2D eigenvalue weighted by molar-refractivity contribution is 0.102. The number of amides is 1. The van der Waals surface area contributed by atoms with Crippen LogP contribution in [0.4, 0.5) is 10.1 Å². The summed E-state index contributed by atoms with van der Waals surface area (Å²) in [7, 11) is 0. The molecule has 100 valence electrons. The predicted molar refractivity (Wildman–Crippen MR) is 73.3 cm³/mol. The topological polar surface area (TPSA) is 77.8 Å². The van der Waals surface area contributed by atoms with Crippen LogP contribution in [0, 0.1) is 5.82 Å². The first-order chi connectivity index (χ1) is 9.61. The maximum Gasteiger partial charge on any atom is 0.323 e. The van der Waals surface area contributed by atoms with Gasteiger partial charge in [-0.15, -0.1) is 0 Å². The zero-order valence-corrected chi connectivity index (χ0v) is 10.2. The number of hydrogen-bond acceptors (Lipinski definition) is 2. The number of halogens is 1. The van der Waals surface area contributed by atoms with Crippen molar-refractivity contribution in [2.75, 3.05) is 5.32 Å². The Morgan fingerprint density at radius 3 is 2.65 bits per heavy atom. The summed E-state index contributed by atoms with van der Waals surface area (Å²) in [6.07, 6.45) is 0. The zero-order valence-electron chi connectivity index (χ0n) is 10.2. The molecule has 1 heterocycles. The molecule has 5 nitrogen and oxygen atoms in total. The maximum atomic E-state index is 13.1. The Labute approximate surface area is 112 Å². The number of hydrogen-bond donors (Lipinski definition) is 3. The van der Waals surface area contributed by atoms with Crippen molar-refractivity contribution in [3.8, 4) is 0 Å². The fraction of sp³-hybridized carbons (Fsp3) is 0. The van der Waals surface area contributed by atoms with E-state index in [4.69, 9.17) is 0 Å². The van der Waals surface area contributed by atoms with Crippen molar-refractivity contribution in [1.82, 2.24) is 9.97 Å². The molecule has 0 saturated carbocycles. The van der Waals surface area contributed by atoms with Gasteiger partial charge in [0.25, 0.3) is 5.91 Å². The van der Waals surface area contributed by atoms with Crippen LogP contribution in [0.15, 0.2) is 47.3 Å². The first kappa shape index (κ1) is 12.2. The fourth-order valence-corrected chi connectivity index (χ4v) is 1.94. The lowest BCUT2D eigenvalue weighted by atomic mass is 10.2. The van der Waals surface area contributed by atoms with E-state index in [2.05, 4.69) is 15.3 Å². The molecule has 0 saturated heterocycles. The third-order valence-corrected chi connectivity index (χ3v) is 2.86. The van der Waals surface area contributed by atoms with Gasteiger partial charge in [-0.25, -0.2) is 9.18 Å². The molecule has 2 aromatic carbocycles. The van der Waals surface area contributed by atoms with Crippen LogP contribution in [-0.2, 0) is 0 Å². The monoisotopic (exact) mass is 271 g/mol. The highest BCUT2D eigenvalue weighted by atomic mass is 19.1. The van der Waals surface area contributed by atoms with Crippen molar-refractivity contribution in [2.24, 2.45) is 0 Å². The Balaban J connectivity index is 1.88. The van der Waals surface area contributed by atoms with E-state index in [0.717, 1.165) is 6.07 Å². The second-order valence-electron chi connectivity index (χ2n) is 4.30. The smallest absolute Gasteiger partial charge is 0.322 e. The van der Waals surface area contributed by atoms with Crippen molar-refractivity contribution in [2.45, 2.75) is 0 Å². The lowest BCUT2D eigenvalue weighted by Crippen LogP contribution is -2.11. The minimum absolute atomic E-state index is 0.229. The van der Waals surface area contributed by atoms with Crippen LogP contribution in [-0.4, -0.2) is 15.9 Å². The average molecular weight is 271 g/mol. The molecule has 1 aromatic heterocycles. The van der Waals surface area contributed by atoms with Crippen molar-refractivity contribution in [3.63, 3.8) is 0 Å². The van der Waals surface area contributed by atoms with Gasteiger partial charge in [-0.1, -0.05) is 6.07 Å². The number of carbonyl (C=O) groups is 1. The van der Waals surface area contributed by atoms with Gasteiger partial charge >= 0.3 is 5.69 Å². The normalized spacial score (nSPS) is 10.7. The second-order valence-corrected chi connectivity index (χ2v) is 4.30. The van der Waals surface area contributed by atoms with Gasteiger partial charge in [0.05, 0.1) is 11.0 Å². The lowest BCUT2D eigenvalue weighted by Gasteiger charge is -2.05. The van der Waals surface area contributed by atoms with E-state index >= 15 is 0 Å². The Bertz CT molecular complexity index is 851. The van der Waals surface area contributed by atoms with Gasteiger partial charge in [0.1, 0.15) is 5.82 Å². The summed E-state index contributed by atoms with van der Waals surface area (Å²) in [5, 5.41) is 2.65. The van der Waals surface area contributed by atoms with Crippen molar-refractivity contribution >= 4 is 22.6 Å². The SMILES string of the molecule is O=C(Nc1ccc2[nH]c(=O)[nH]c2c1)c1cccc(F)c1. The van der Waals surface area contributed by atoms with Crippen molar-refractivity contribution < 1.29 is 9.18 Å². The van der Waals surface area contributed by atoms with Crippen LogP contribution in [0.1, 0.15) is 10.4 Å². The molecule has 0 fully saturated rings. The summed E-state index contributed by atoms with van der Waals surface area (Å²) in [6.45, 7) is 0. The Morgan fingerprint density at radius 2 is 1.85 bits per heavy atom. The van der Waals surface area contributed by atoms with Crippen LogP contribution < -0.4 is 11.0 Å². The number of fused-ring (bicyclic) bond motifs is 1. The fourth-order valence-electron chi connectivity index (χ4n) is 1.94. The number of imidazole rings is 1. The average Bonchev–Trinajstić information content (AvgIpc) is 2.78. The van der Waals surface area contributed by atoms with Crippen LogP contribution >= 0.6 is 0 Å². The third kappa shape index (κ3) is 2.31. The van der Waals surface area contributed by atoms with Gasteiger partial charge in [-0.05, 0) is 36.4 Å². The largest absolute Gasteiger partial charge is 0.323 e. The number of carbonyl (C=O) groups excluding carboxylic acids is 1. The maximum absolute atomic E-state index is 13.1. The standard InChI is InChI=1S/C14H10FN3O2/c15-9-3-1-2-8(6-9)13(19)16-10-4-5-11-12(7-10)18-14(20)17-11/h1-7H,(H,16,19)(H2,17,18,20). The summed E-state index contributed by atoms with van der Waals surface area (Å²) in [5.74, 6) is -0.884. The van der Waals surface area contributed by atoms with Crippen LogP contribution in [0.3, 0.4) is 0 Å². The molecular weight excluding hydrogens is 261 g/mol. The number of H-pyrrole nitrogens is 2. The molecule has 3 aromatic rings. The molecule has 0 aliphatic heterocycles. The molecule has 20 heavy (non-hydrogen) atoms. The number of aromatic nitrogens is 2. The van der Waals surface area contributed by atoms with E-state index in [1.165, 1.54) is 18.2 Å². The first-order valence-electron chi connectivity index (χ1n) is 5.91. The summed E-state index contributed by atoms with van der Waals surface area (Å²) in [5.41, 5.74) is 1.68. The Hall–Kier alpha value is -2.89. The minimum atomic E-state index is -0.469. The van der Waals surface area contributed by atoms with Crippen LogP contribution in [0.5, 0.6) is 0 Å². The summed E-state index contributed by atoms with van der Waals surface area (Å²) in [6, 6.07) is 10.4. The first-order valence-corrected chi connectivity index (χ1v) is 5.91. The molecule has 1 amide bonds. The van der Waals surface area contributed by atoms with E-state index in [9.17, 15) is 14.0 Å². The molecule has 0 spiro atoms. The highest BCUT2D eigenvalue weighted by molar-refractivity contribution is 6.04. The quantitative estimate of drug-likeness (QED) is 0.668. The van der Waals surface area contributed by atoms with E-state index in [1.54, 1.807) is 18.2 Å². The number of anilines is 1. The summed E-state index contributed by atoms with van der Waals surface area (Å²) in [4.78, 5) is 28.3. The van der Waals surface area contributed by atoms with Gasteiger partial charge < -0.3 is 15.3 Å². The molecule has 6 heteroatoms.